The third kappa shape index (κ3) is 4.54. The normalized spacial score (nSPS) is 17.9. The molecule has 156 valence electrons. The predicted octanol–water partition coefficient (Wildman–Crippen LogP) is 4.27. The van der Waals surface area contributed by atoms with Gasteiger partial charge in [-0.05, 0) is 81.8 Å². The third-order valence-corrected chi connectivity index (χ3v) is 7.90. The number of nitrogens with zero attached hydrogens (tertiary/aromatic N) is 1. The molecule has 0 unspecified atom stereocenters. The molecule has 1 fully saturated rings. The van der Waals surface area contributed by atoms with Crippen molar-refractivity contribution in [3.63, 3.8) is 0 Å². The lowest BCUT2D eigenvalue weighted by Crippen LogP contribution is -2.44. The van der Waals surface area contributed by atoms with E-state index in [1.165, 1.54) is 9.87 Å². The molecule has 1 saturated heterocycles. The van der Waals surface area contributed by atoms with Crippen molar-refractivity contribution >= 4 is 21.6 Å². The number of hydrogen-bond acceptors (Lipinski definition) is 3. The van der Waals surface area contributed by atoms with Crippen LogP contribution in [0.3, 0.4) is 0 Å². The van der Waals surface area contributed by atoms with E-state index in [9.17, 15) is 13.2 Å². The summed E-state index contributed by atoms with van der Waals surface area (Å²) in [6.07, 6.45) is 1.36. The van der Waals surface area contributed by atoms with E-state index < -0.39 is 10.0 Å². The minimum Gasteiger partial charge on any atom is -0.326 e. The number of anilines is 1. The van der Waals surface area contributed by atoms with Gasteiger partial charge in [0.15, 0.2) is 0 Å². The minimum atomic E-state index is -3.64. The van der Waals surface area contributed by atoms with Crippen molar-refractivity contribution in [2.24, 2.45) is 5.92 Å². The van der Waals surface area contributed by atoms with Crippen LogP contribution in [0.4, 0.5) is 5.69 Å². The van der Waals surface area contributed by atoms with Gasteiger partial charge in [0.25, 0.3) is 0 Å². The fourth-order valence-electron chi connectivity index (χ4n) is 4.14. The molecule has 0 saturated carbocycles. The van der Waals surface area contributed by atoms with Crippen molar-refractivity contribution in [2.75, 3.05) is 18.4 Å². The molecule has 1 aliphatic heterocycles. The SMILES string of the molecule is Cc1cc(C)c(S(=O)(=O)N2CCC[C@@H](C(=O)Nc3ccc(C)c(C)c3)C2)c(C)c1. The molecule has 5 nitrogen and oxygen atoms in total. The lowest BCUT2D eigenvalue weighted by Gasteiger charge is -2.32. The Morgan fingerprint density at radius 3 is 2.24 bits per heavy atom. The summed E-state index contributed by atoms with van der Waals surface area (Å²) in [6.45, 7) is 10.3. The minimum absolute atomic E-state index is 0.120. The van der Waals surface area contributed by atoms with Gasteiger partial charge in [0.1, 0.15) is 0 Å². The smallest absolute Gasteiger partial charge is 0.243 e. The van der Waals surface area contributed by atoms with Crippen molar-refractivity contribution in [3.8, 4) is 0 Å². The molecule has 0 radical (unpaired) electrons. The predicted molar refractivity (Wildman–Crippen MR) is 117 cm³/mol. The first-order chi connectivity index (χ1) is 13.6. The number of carbonyl (C=O) groups excluding carboxylic acids is 1. The summed E-state index contributed by atoms with van der Waals surface area (Å²) in [5.74, 6) is -0.475. The highest BCUT2D eigenvalue weighted by Crippen LogP contribution is 2.29. The maximum absolute atomic E-state index is 13.3. The number of piperidine rings is 1. The highest BCUT2D eigenvalue weighted by molar-refractivity contribution is 7.89. The number of benzene rings is 2. The molecule has 1 heterocycles. The van der Waals surface area contributed by atoms with Crippen LogP contribution in [-0.2, 0) is 14.8 Å². The number of hydrogen-bond donors (Lipinski definition) is 1. The second kappa shape index (κ2) is 8.28. The first kappa shape index (κ1) is 21.5. The van der Waals surface area contributed by atoms with Gasteiger partial charge < -0.3 is 5.32 Å². The quantitative estimate of drug-likeness (QED) is 0.812. The van der Waals surface area contributed by atoms with Gasteiger partial charge >= 0.3 is 0 Å². The number of amides is 1. The molecular weight excluding hydrogens is 384 g/mol. The van der Waals surface area contributed by atoms with Gasteiger partial charge in [-0.15, -0.1) is 0 Å². The van der Waals surface area contributed by atoms with Crippen molar-refractivity contribution in [1.29, 1.82) is 0 Å². The highest BCUT2D eigenvalue weighted by Gasteiger charge is 2.34. The first-order valence-electron chi connectivity index (χ1n) is 10.1. The van der Waals surface area contributed by atoms with Crippen LogP contribution in [0, 0.1) is 40.5 Å². The monoisotopic (exact) mass is 414 g/mol. The molecule has 29 heavy (non-hydrogen) atoms. The number of carbonyl (C=O) groups is 1. The van der Waals surface area contributed by atoms with Crippen LogP contribution < -0.4 is 5.32 Å². The van der Waals surface area contributed by atoms with Crippen molar-refractivity contribution in [1.82, 2.24) is 4.31 Å². The van der Waals surface area contributed by atoms with E-state index in [0.29, 0.717) is 24.3 Å². The highest BCUT2D eigenvalue weighted by atomic mass is 32.2. The first-order valence-corrected chi connectivity index (χ1v) is 11.5. The molecule has 1 aliphatic rings. The molecule has 3 rings (SSSR count). The molecule has 6 heteroatoms. The molecule has 1 atom stereocenters. The van der Waals surface area contributed by atoms with Crippen molar-refractivity contribution < 1.29 is 13.2 Å². The molecule has 0 aromatic heterocycles. The molecule has 0 aliphatic carbocycles. The average molecular weight is 415 g/mol. The molecule has 1 N–H and O–H groups in total. The van der Waals surface area contributed by atoms with Crippen LogP contribution in [0.25, 0.3) is 0 Å². The van der Waals surface area contributed by atoms with Crippen molar-refractivity contribution in [2.45, 2.75) is 52.4 Å². The van der Waals surface area contributed by atoms with Gasteiger partial charge in [0.2, 0.25) is 15.9 Å². The molecule has 0 bridgehead atoms. The Morgan fingerprint density at radius 1 is 0.966 bits per heavy atom. The molecule has 2 aromatic carbocycles. The summed E-state index contributed by atoms with van der Waals surface area (Å²) in [4.78, 5) is 13.2. The number of rotatable bonds is 4. The van der Waals surface area contributed by atoms with E-state index in [1.807, 2.05) is 65.0 Å². The maximum Gasteiger partial charge on any atom is 0.243 e. The number of aryl methyl sites for hydroxylation is 5. The lowest BCUT2D eigenvalue weighted by atomic mass is 9.98. The fourth-order valence-corrected chi connectivity index (χ4v) is 6.08. The second-order valence-electron chi connectivity index (χ2n) is 8.22. The van der Waals surface area contributed by atoms with Crippen LogP contribution in [0.1, 0.15) is 40.7 Å². The van der Waals surface area contributed by atoms with E-state index >= 15 is 0 Å². The Hall–Kier alpha value is -2.18. The van der Waals surface area contributed by atoms with E-state index in [2.05, 4.69) is 5.32 Å². The topological polar surface area (TPSA) is 66.5 Å². The summed E-state index contributed by atoms with van der Waals surface area (Å²) < 4.78 is 28.2. The van der Waals surface area contributed by atoms with Gasteiger partial charge in [-0.1, -0.05) is 23.8 Å². The van der Waals surface area contributed by atoms with Crippen LogP contribution in [0.15, 0.2) is 35.2 Å². The summed E-state index contributed by atoms with van der Waals surface area (Å²) >= 11 is 0. The summed E-state index contributed by atoms with van der Waals surface area (Å²) in [5, 5.41) is 2.96. The molecular formula is C23H30N2O3S. The fraction of sp³-hybridized carbons (Fsp3) is 0.435. The lowest BCUT2D eigenvalue weighted by molar-refractivity contribution is -0.120. The maximum atomic E-state index is 13.3. The van der Waals surface area contributed by atoms with Gasteiger partial charge in [-0.25, -0.2) is 8.42 Å². The summed E-state index contributed by atoms with van der Waals surface area (Å²) in [5.41, 5.74) is 5.59. The van der Waals surface area contributed by atoms with E-state index in [1.54, 1.807) is 0 Å². The Labute approximate surface area is 174 Å². The zero-order valence-corrected chi connectivity index (χ0v) is 18.7. The van der Waals surface area contributed by atoms with Gasteiger partial charge in [-0.3, -0.25) is 4.79 Å². The standard InChI is InChI=1S/C23H30N2O3S/c1-15-11-18(4)22(19(5)12-15)29(27,28)25-10-6-7-20(14-25)23(26)24-21-9-8-16(2)17(3)13-21/h8-9,11-13,20H,6-7,10,14H2,1-5H3,(H,24,26)/t20-/m1/s1. The van der Waals surface area contributed by atoms with Gasteiger partial charge in [0.05, 0.1) is 10.8 Å². The van der Waals surface area contributed by atoms with Crippen LogP contribution in [0.2, 0.25) is 0 Å². The Balaban J connectivity index is 1.79. The zero-order chi connectivity index (χ0) is 21.3. The second-order valence-corrected chi connectivity index (χ2v) is 10.1. The summed E-state index contributed by atoms with van der Waals surface area (Å²) in [6, 6.07) is 9.60. The Kier molecular flexibility index (Phi) is 6.15. The van der Waals surface area contributed by atoms with E-state index in [4.69, 9.17) is 0 Å². The van der Waals surface area contributed by atoms with E-state index in [-0.39, 0.29) is 18.4 Å². The average Bonchev–Trinajstić information content (AvgIpc) is 2.63. The number of sulfonamides is 1. The molecule has 2 aromatic rings. The third-order valence-electron chi connectivity index (χ3n) is 5.73. The van der Waals surface area contributed by atoms with Gasteiger partial charge in [0, 0.05) is 18.8 Å². The van der Waals surface area contributed by atoms with Crippen LogP contribution >= 0.6 is 0 Å². The van der Waals surface area contributed by atoms with Gasteiger partial charge in [-0.2, -0.15) is 4.31 Å². The molecule has 1 amide bonds. The van der Waals surface area contributed by atoms with Crippen LogP contribution in [0.5, 0.6) is 0 Å². The summed E-state index contributed by atoms with van der Waals surface area (Å²) in [7, 11) is -3.64. The van der Waals surface area contributed by atoms with Crippen molar-refractivity contribution in [3.05, 3.63) is 58.1 Å². The van der Waals surface area contributed by atoms with Crippen LogP contribution in [-0.4, -0.2) is 31.7 Å². The Bertz CT molecular complexity index is 1020. The zero-order valence-electron chi connectivity index (χ0n) is 17.9. The van der Waals surface area contributed by atoms with E-state index in [0.717, 1.165) is 27.9 Å². The largest absolute Gasteiger partial charge is 0.326 e. The molecule has 0 spiro atoms. The Morgan fingerprint density at radius 2 is 1.62 bits per heavy atom. The number of nitrogens with one attached hydrogen (secondary N) is 1.